The molecule has 0 aliphatic heterocycles. The van der Waals surface area contributed by atoms with E-state index in [-0.39, 0.29) is 44.7 Å². The number of phenols is 2. The van der Waals surface area contributed by atoms with Crippen molar-refractivity contribution in [3.05, 3.63) is 143 Å². The number of fused-ring (bicyclic) bond motifs is 1. The molecule has 0 atom stereocenters. The molecule has 0 unspecified atom stereocenters. The topological polar surface area (TPSA) is 342 Å². The normalized spacial score (nSPS) is 12.8. The molecule has 0 fully saturated rings. The van der Waals surface area contributed by atoms with E-state index in [0.29, 0.717) is 16.9 Å². The number of nitrogens with zero attached hydrogens (tertiary/aromatic N) is 10. The largest absolute Gasteiger partial charge is 0.506 e. The van der Waals surface area contributed by atoms with Gasteiger partial charge in [0.05, 0.1) is 22.6 Å². The van der Waals surface area contributed by atoms with Crippen molar-refractivity contribution in [3.63, 3.8) is 0 Å². The summed E-state index contributed by atoms with van der Waals surface area (Å²) in [5.74, 6) is -1.37. The van der Waals surface area contributed by atoms with Gasteiger partial charge in [-0.2, -0.15) is 13.5 Å². The Balaban J connectivity index is 1.55. The van der Waals surface area contributed by atoms with Crippen LogP contribution in [0.15, 0.2) is 160 Å². The molecule has 0 aliphatic rings. The summed E-state index contributed by atoms with van der Waals surface area (Å²) in [6.07, 6.45) is 6.83. The van der Waals surface area contributed by atoms with Crippen molar-refractivity contribution in [3.8, 4) is 17.2 Å². The van der Waals surface area contributed by atoms with Crippen LogP contribution in [-0.4, -0.2) is 30.3 Å². The Kier molecular flexibility index (Phi) is 14.7. The first-order chi connectivity index (χ1) is 30.6. The van der Waals surface area contributed by atoms with E-state index in [1.54, 1.807) is 25.1 Å². The monoisotopic (exact) mass is 931 g/mol. The van der Waals surface area contributed by atoms with Gasteiger partial charge in [0, 0.05) is 56.4 Å². The van der Waals surface area contributed by atoms with E-state index in [9.17, 15) is 52.6 Å². The van der Waals surface area contributed by atoms with Crippen molar-refractivity contribution in [1.29, 1.82) is 0 Å². The summed E-state index contributed by atoms with van der Waals surface area (Å²) >= 11 is 0. The number of allylic oxidation sites excluding steroid dienone is 2. The number of hydrogen-bond acceptors (Lipinski definition) is 22. The lowest BCUT2D eigenvalue weighted by Gasteiger charge is -2.18. The molecule has 23 nitrogen and oxygen atoms in total. The standard InChI is InChI=1S/C38H33N11O12S3/c1-5-6-7-23(3)39-27-14-15-29-26(17-27)18-36(63(47-55,48-56)49-57)37(38(29)51)43-41-30-21-33(61-4)31(20-32(30)50)42-40-28-13-12-24(34(19-28)62(44-52,45-53)46-54)10-11-25-9-8-22(2)16-35(25)64(58,59)60/h6-21,39,50-51H,3,5H2,1-2,4H3,(H,58,59,60)/b7-6-,11-10?,42-40?,43-41?. The fourth-order valence-electron chi connectivity index (χ4n) is 5.77. The molecule has 5 aromatic rings. The lowest BCUT2D eigenvalue weighted by atomic mass is 10.1. The molecule has 26 heteroatoms. The van der Waals surface area contributed by atoms with Gasteiger partial charge in [-0.15, -0.1) is 44.8 Å². The predicted molar refractivity (Wildman–Crippen MR) is 244 cm³/mol. The second-order valence-electron chi connectivity index (χ2n) is 12.9. The minimum Gasteiger partial charge on any atom is -0.506 e. The third-order valence-corrected chi connectivity index (χ3v) is 12.8. The Morgan fingerprint density at radius 1 is 0.719 bits per heavy atom. The fourth-order valence-corrected chi connectivity index (χ4v) is 8.60. The van der Waals surface area contributed by atoms with Crippen LogP contribution in [0.1, 0.15) is 30.0 Å². The number of benzene rings is 5. The highest BCUT2D eigenvalue weighted by atomic mass is 32.3. The highest BCUT2D eigenvalue weighted by Crippen LogP contribution is 2.65. The van der Waals surface area contributed by atoms with Crippen molar-refractivity contribution in [2.75, 3.05) is 12.4 Å². The van der Waals surface area contributed by atoms with E-state index in [2.05, 4.69) is 59.8 Å². The van der Waals surface area contributed by atoms with Crippen LogP contribution < -0.4 is 10.1 Å². The van der Waals surface area contributed by atoms with Crippen molar-refractivity contribution >= 4 is 82.7 Å². The zero-order valence-corrected chi connectivity index (χ0v) is 35.8. The Bertz CT molecular complexity index is 2940. The van der Waals surface area contributed by atoms with E-state index in [1.807, 2.05) is 13.0 Å². The molecule has 0 radical (unpaired) electrons. The number of nitrogens with one attached hydrogen (secondary N) is 1. The number of aryl methyl sites for hydroxylation is 1. The molecule has 0 saturated carbocycles. The average molecular weight is 932 g/mol. The van der Waals surface area contributed by atoms with Gasteiger partial charge < -0.3 is 20.3 Å². The number of methoxy groups -OCH3 is 1. The number of phenolic OH excluding ortho intramolecular Hbond substituents is 2. The van der Waals surface area contributed by atoms with Gasteiger partial charge in [0.25, 0.3) is 10.1 Å². The number of anilines is 1. The lowest BCUT2D eigenvalue weighted by molar-refractivity contribution is 0.413. The van der Waals surface area contributed by atoms with Crippen molar-refractivity contribution in [2.24, 2.45) is 48.0 Å². The van der Waals surface area contributed by atoms with Crippen LogP contribution in [-0.2, 0) is 10.1 Å². The van der Waals surface area contributed by atoms with Crippen LogP contribution in [0, 0.1) is 36.4 Å². The number of azo groups is 2. The summed E-state index contributed by atoms with van der Waals surface area (Å²) in [7, 11) is -11.9. The van der Waals surface area contributed by atoms with E-state index >= 15 is 0 Å². The Hall–Kier alpha value is -7.81. The van der Waals surface area contributed by atoms with Gasteiger partial charge >= 0.3 is 0 Å². The summed E-state index contributed by atoms with van der Waals surface area (Å²) in [5, 5.41) is 41.8. The minimum absolute atomic E-state index is 0.0122. The van der Waals surface area contributed by atoms with Crippen LogP contribution >= 0.6 is 21.2 Å². The summed E-state index contributed by atoms with van der Waals surface area (Å²) in [5.41, 5.74) is 0.322. The molecule has 0 amide bonds. The molecular formula is C38H33N11O12S3. The Labute approximate surface area is 365 Å². The third kappa shape index (κ3) is 9.94. The van der Waals surface area contributed by atoms with Gasteiger partial charge in [-0.1, -0.05) is 49.9 Å². The van der Waals surface area contributed by atoms with Crippen LogP contribution in [0.3, 0.4) is 0 Å². The number of nitroso groups, excluding NO2 is 6. The molecule has 0 bridgehead atoms. The fraction of sp³-hybridized carbons (Fsp3) is 0.105. The molecular weight excluding hydrogens is 899 g/mol. The van der Waals surface area contributed by atoms with Crippen molar-refractivity contribution in [2.45, 2.75) is 35.0 Å². The molecule has 4 N–H and O–H groups in total. The molecule has 0 aliphatic carbocycles. The number of hydrogen-bond donors (Lipinski definition) is 4. The third-order valence-electron chi connectivity index (χ3n) is 8.82. The quantitative estimate of drug-likeness (QED) is 0.0186. The van der Waals surface area contributed by atoms with E-state index in [0.717, 1.165) is 24.6 Å². The zero-order valence-electron chi connectivity index (χ0n) is 33.4. The highest BCUT2D eigenvalue weighted by molar-refractivity contribution is 8.30. The minimum atomic E-state index is -4.68. The van der Waals surface area contributed by atoms with Crippen LogP contribution in [0.4, 0.5) is 28.4 Å². The number of ether oxygens (including phenoxy) is 1. The summed E-state index contributed by atoms with van der Waals surface area (Å²) in [6, 6.07) is 15.7. The van der Waals surface area contributed by atoms with Gasteiger partial charge in [0.15, 0.2) is 26.9 Å². The summed E-state index contributed by atoms with van der Waals surface area (Å²) in [4.78, 5) is 70.0. The summed E-state index contributed by atoms with van der Waals surface area (Å²) < 4.78 is 54.8. The maximum absolute atomic E-state index is 12.0. The van der Waals surface area contributed by atoms with Crippen LogP contribution in [0.25, 0.3) is 22.9 Å². The molecule has 0 spiro atoms. The van der Waals surface area contributed by atoms with Crippen molar-refractivity contribution < 1.29 is 27.9 Å². The average Bonchev–Trinajstić information content (AvgIpc) is 3.29. The van der Waals surface area contributed by atoms with Gasteiger partial charge in [-0.3, -0.25) is 4.55 Å². The first-order valence-corrected chi connectivity index (χ1v) is 22.3. The molecule has 0 aromatic heterocycles. The smallest absolute Gasteiger partial charge is 0.295 e. The molecule has 330 valence electrons. The Morgan fingerprint density at radius 3 is 1.94 bits per heavy atom. The van der Waals surface area contributed by atoms with E-state index in [1.165, 1.54) is 61.7 Å². The van der Waals surface area contributed by atoms with Gasteiger partial charge in [0.2, 0.25) is 0 Å². The zero-order chi connectivity index (χ0) is 46.8. The Morgan fingerprint density at radius 2 is 1.33 bits per heavy atom. The van der Waals surface area contributed by atoms with Gasteiger partial charge in [0.1, 0.15) is 33.5 Å². The van der Waals surface area contributed by atoms with Gasteiger partial charge in [-0.25, -0.2) is 0 Å². The first-order valence-electron chi connectivity index (χ1n) is 17.9. The lowest BCUT2D eigenvalue weighted by Crippen LogP contribution is -2.01. The summed E-state index contributed by atoms with van der Waals surface area (Å²) in [6.45, 7) is 7.44. The molecule has 0 heterocycles. The number of aromatic hydroxyl groups is 2. The molecule has 64 heavy (non-hydrogen) atoms. The van der Waals surface area contributed by atoms with Crippen LogP contribution in [0.2, 0.25) is 0 Å². The molecule has 5 rings (SSSR count). The molecule has 0 saturated heterocycles. The SMILES string of the molecule is C=C(/C=C\CC)Nc1ccc2c(O)c(N=Nc3cc(OC)c(N=Nc4ccc(C=Cc5ccc(C)cc5S(=O)(=O)O)c(S(N=O)(N=O)N=O)c4)cc3O)c(S(N=O)(N=O)N=O)cc2c1. The first kappa shape index (κ1) is 47.2. The molecule has 5 aromatic carbocycles. The number of rotatable bonds is 20. The second kappa shape index (κ2) is 19.9. The van der Waals surface area contributed by atoms with E-state index < -0.39 is 63.2 Å². The predicted octanol–water partition coefficient (Wildman–Crippen LogP) is 13.1. The van der Waals surface area contributed by atoms with Gasteiger partial charge in [-0.05, 0) is 84.0 Å². The highest BCUT2D eigenvalue weighted by Gasteiger charge is 2.37. The maximum Gasteiger partial charge on any atom is 0.295 e. The van der Waals surface area contributed by atoms with Crippen LogP contribution in [0.5, 0.6) is 17.2 Å². The van der Waals surface area contributed by atoms with E-state index in [4.69, 9.17) is 4.74 Å². The maximum atomic E-state index is 12.0. The van der Waals surface area contributed by atoms with Crippen molar-refractivity contribution in [1.82, 2.24) is 0 Å². The second-order valence-corrected chi connectivity index (χ2v) is 18.2.